The lowest BCUT2D eigenvalue weighted by Gasteiger charge is -2.34. The fourth-order valence-electron chi connectivity index (χ4n) is 2.20. The highest BCUT2D eigenvalue weighted by molar-refractivity contribution is 4.72. The van der Waals surface area contributed by atoms with Gasteiger partial charge in [0, 0.05) is 39.3 Å². The van der Waals surface area contributed by atoms with Crippen molar-refractivity contribution in [2.75, 3.05) is 65.7 Å². The maximum atomic E-state index is 9.05. The molecule has 2 aliphatic heterocycles. The highest BCUT2D eigenvalue weighted by atomic mass is 16.5. The maximum absolute atomic E-state index is 9.05. The molecule has 0 aromatic rings. The van der Waals surface area contributed by atoms with Crippen LogP contribution in [-0.4, -0.2) is 86.7 Å². The molecule has 0 aliphatic carbocycles. The highest BCUT2D eigenvalue weighted by Gasteiger charge is 2.20. The Balaban J connectivity index is 1.64. The van der Waals surface area contributed by atoms with Gasteiger partial charge in [0.2, 0.25) is 0 Å². The Morgan fingerprint density at radius 2 is 1.69 bits per heavy atom. The van der Waals surface area contributed by atoms with Crippen molar-refractivity contribution >= 4 is 0 Å². The SMILES string of the molecule is OCC1CN(CCN2CCOCC2)CCO1. The molecule has 0 saturated carbocycles. The van der Waals surface area contributed by atoms with E-state index in [1.165, 1.54) is 0 Å². The number of aliphatic hydroxyl groups excluding tert-OH is 1. The molecule has 0 aromatic heterocycles. The second-order valence-electron chi connectivity index (χ2n) is 4.43. The Bertz CT molecular complexity index is 198. The number of rotatable bonds is 4. The fraction of sp³-hybridized carbons (Fsp3) is 1.00. The first-order chi connectivity index (χ1) is 7.88. The summed E-state index contributed by atoms with van der Waals surface area (Å²) >= 11 is 0. The number of nitrogens with zero attached hydrogens (tertiary/aromatic N) is 2. The molecule has 16 heavy (non-hydrogen) atoms. The molecule has 0 aromatic carbocycles. The van der Waals surface area contributed by atoms with Crippen LogP contribution in [0.1, 0.15) is 0 Å². The van der Waals surface area contributed by atoms with E-state index in [-0.39, 0.29) is 12.7 Å². The van der Waals surface area contributed by atoms with Gasteiger partial charge in [-0.05, 0) is 0 Å². The Hall–Kier alpha value is -0.200. The molecule has 0 spiro atoms. The molecule has 1 atom stereocenters. The van der Waals surface area contributed by atoms with E-state index >= 15 is 0 Å². The van der Waals surface area contributed by atoms with Crippen molar-refractivity contribution in [1.82, 2.24) is 9.80 Å². The summed E-state index contributed by atoms with van der Waals surface area (Å²) in [5.41, 5.74) is 0. The number of hydrogen-bond donors (Lipinski definition) is 1. The summed E-state index contributed by atoms with van der Waals surface area (Å²) in [6, 6.07) is 0. The molecule has 2 aliphatic rings. The zero-order chi connectivity index (χ0) is 11.2. The fourth-order valence-corrected chi connectivity index (χ4v) is 2.20. The first-order valence-corrected chi connectivity index (χ1v) is 6.13. The lowest BCUT2D eigenvalue weighted by molar-refractivity contribution is -0.0561. The number of ether oxygens (including phenoxy) is 2. The summed E-state index contributed by atoms with van der Waals surface area (Å²) in [5, 5.41) is 9.05. The van der Waals surface area contributed by atoms with Crippen LogP contribution >= 0.6 is 0 Å². The Morgan fingerprint density at radius 1 is 1.00 bits per heavy atom. The van der Waals surface area contributed by atoms with E-state index in [9.17, 15) is 0 Å². The Labute approximate surface area is 96.9 Å². The minimum absolute atomic E-state index is 0.0124. The van der Waals surface area contributed by atoms with E-state index < -0.39 is 0 Å². The van der Waals surface area contributed by atoms with Gasteiger partial charge in [0.25, 0.3) is 0 Å². The maximum Gasteiger partial charge on any atom is 0.0932 e. The summed E-state index contributed by atoms with van der Waals surface area (Å²) in [4.78, 5) is 4.81. The smallest absolute Gasteiger partial charge is 0.0932 e. The molecule has 2 rings (SSSR count). The normalized spacial score (nSPS) is 29.4. The molecule has 1 N–H and O–H groups in total. The predicted octanol–water partition coefficient (Wildman–Crippen LogP) is -0.988. The summed E-state index contributed by atoms with van der Waals surface area (Å²) in [5.74, 6) is 0. The first-order valence-electron chi connectivity index (χ1n) is 6.13. The minimum Gasteiger partial charge on any atom is -0.394 e. The quantitative estimate of drug-likeness (QED) is 0.672. The molecular formula is C11H22N2O3. The van der Waals surface area contributed by atoms with Gasteiger partial charge in [-0.1, -0.05) is 0 Å². The van der Waals surface area contributed by atoms with E-state index in [1.54, 1.807) is 0 Å². The molecule has 5 heteroatoms. The third kappa shape index (κ3) is 3.68. The van der Waals surface area contributed by atoms with Crippen molar-refractivity contribution in [3.05, 3.63) is 0 Å². The van der Waals surface area contributed by atoms with Crippen LogP contribution in [0.15, 0.2) is 0 Å². The van der Waals surface area contributed by atoms with E-state index in [4.69, 9.17) is 14.6 Å². The third-order valence-electron chi connectivity index (χ3n) is 3.26. The molecule has 0 amide bonds. The van der Waals surface area contributed by atoms with Crippen molar-refractivity contribution in [2.24, 2.45) is 0 Å². The minimum atomic E-state index is 0.0124. The van der Waals surface area contributed by atoms with E-state index in [0.29, 0.717) is 0 Å². The topological polar surface area (TPSA) is 45.2 Å². The van der Waals surface area contributed by atoms with Crippen LogP contribution in [-0.2, 0) is 9.47 Å². The number of aliphatic hydroxyl groups is 1. The standard InChI is InChI=1S/C11H22N2O3/c14-10-11-9-13(5-8-16-11)2-1-12-3-6-15-7-4-12/h11,14H,1-10H2. The number of morpholine rings is 2. The van der Waals surface area contributed by atoms with Gasteiger partial charge >= 0.3 is 0 Å². The van der Waals surface area contributed by atoms with Crippen molar-refractivity contribution in [3.8, 4) is 0 Å². The van der Waals surface area contributed by atoms with E-state index in [2.05, 4.69) is 9.80 Å². The highest BCUT2D eigenvalue weighted by Crippen LogP contribution is 2.05. The van der Waals surface area contributed by atoms with Crippen molar-refractivity contribution < 1.29 is 14.6 Å². The van der Waals surface area contributed by atoms with E-state index in [0.717, 1.165) is 59.1 Å². The Kier molecular flexibility index (Phi) is 4.99. The van der Waals surface area contributed by atoms with Crippen LogP contribution < -0.4 is 0 Å². The zero-order valence-electron chi connectivity index (χ0n) is 9.81. The lowest BCUT2D eigenvalue weighted by Crippen LogP contribution is -2.48. The van der Waals surface area contributed by atoms with Crippen LogP contribution in [0.4, 0.5) is 0 Å². The summed E-state index contributed by atoms with van der Waals surface area (Å²) in [6.07, 6.45) is 0.0124. The molecule has 5 nitrogen and oxygen atoms in total. The van der Waals surface area contributed by atoms with Crippen LogP contribution in [0.3, 0.4) is 0 Å². The molecular weight excluding hydrogens is 208 g/mol. The van der Waals surface area contributed by atoms with Crippen molar-refractivity contribution in [3.63, 3.8) is 0 Å². The number of hydrogen-bond acceptors (Lipinski definition) is 5. The summed E-state index contributed by atoms with van der Waals surface area (Å²) in [7, 11) is 0. The van der Waals surface area contributed by atoms with Crippen molar-refractivity contribution in [1.29, 1.82) is 0 Å². The van der Waals surface area contributed by atoms with Gasteiger partial charge in [0.05, 0.1) is 32.5 Å². The monoisotopic (exact) mass is 230 g/mol. The van der Waals surface area contributed by atoms with Gasteiger partial charge in [-0.3, -0.25) is 9.80 Å². The molecule has 2 heterocycles. The predicted molar refractivity (Wildman–Crippen MR) is 60.5 cm³/mol. The Morgan fingerprint density at radius 3 is 2.44 bits per heavy atom. The van der Waals surface area contributed by atoms with Crippen LogP contribution in [0.25, 0.3) is 0 Å². The zero-order valence-corrected chi connectivity index (χ0v) is 9.81. The summed E-state index contributed by atoms with van der Waals surface area (Å²) in [6.45, 7) is 8.72. The van der Waals surface area contributed by atoms with Gasteiger partial charge in [0.1, 0.15) is 0 Å². The van der Waals surface area contributed by atoms with Crippen LogP contribution in [0.2, 0.25) is 0 Å². The molecule has 94 valence electrons. The second kappa shape index (κ2) is 6.51. The van der Waals surface area contributed by atoms with Gasteiger partial charge in [-0.2, -0.15) is 0 Å². The van der Waals surface area contributed by atoms with Gasteiger partial charge in [-0.25, -0.2) is 0 Å². The lowest BCUT2D eigenvalue weighted by atomic mass is 10.3. The molecule has 0 bridgehead atoms. The molecule has 1 unspecified atom stereocenters. The molecule has 2 saturated heterocycles. The largest absolute Gasteiger partial charge is 0.394 e. The third-order valence-corrected chi connectivity index (χ3v) is 3.26. The van der Waals surface area contributed by atoms with Gasteiger partial charge in [-0.15, -0.1) is 0 Å². The van der Waals surface area contributed by atoms with Gasteiger partial charge in [0.15, 0.2) is 0 Å². The van der Waals surface area contributed by atoms with Crippen LogP contribution in [0, 0.1) is 0 Å². The summed E-state index contributed by atoms with van der Waals surface area (Å²) < 4.78 is 10.7. The van der Waals surface area contributed by atoms with Crippen LogP contribution in [0.5, 0.6) is 0 Å². The average Bonchev–Trinajstić information content (AvgIpc) is 2.38. The molecule has 0 radical (unpaired) electrons. The first kappa shape index (κ1) is 12.3. The average molecular weight is 230 g/mol. The van der Waals surface area contributed by atoms with Gasteiger partial charge < -0.3 is 14.6 Å². The van der Waals surface area contributed by atoms with Crippen molar-refractivity contribution in [2.45, 2.75) is 6.10 Å². The second-order valence-corrected chi connectivity index (χ2v) is 4.43. The molecule has 2 fully saturated rings. The van der Waals surface area contributed by atoms with E-state index in [1.807, 2.05) is 0 Å².